The molecule has 3 rings (SSSR count). The van der Waals surface area contributed by atoms with E-state index in [0.717, 1.165) is 0 Å². The van der Waals surface area contributed by atoms with E-state index in [2.05, 4.69) is 40.4 Å². The molecular weight excluding hydrogens is 812 g/mol. The van der Waals surface area contributed by atoms with Crippen molar-refractivity contribution in [3.63, 3.8) is 0 Å². The number of amides is 1. The van der Waals surface area contributed by atoms with Crippen molar-refractivity contribution in [2.75, 3.05) is 31.7 Å². The van der Waals surface area contributed by atoms with Crippen LogP contribution in [0.4, 0.5) is 31.1 Å². The van der Waals surface area contributed by atoms with Crippen LogP contribution in [0.15, 0.2) is 116 Å². The molecule has 1 amide bonds. The van der Waals surface area contributed by atoms with E-state index < -0.39 is 60.3 Å². The predicted molar refractivity (Wildman–Crippen MR) is 202 cm³/mol. The molecule has 0 aliphatic carbocycles. The first-order valence-corrected chi connectivity index (χ1v) is 18.3. The van der Waals surface area contributed by atoms with Crippen LogP contribution < -0.4 is 0 Å². The molecule has 2 atom stereocenters. The summed E-state index contributed by atoms with van der Waals surface area (Å²) in [5.41, 5.74) is -3.44. The molecule has 0 saturated carbocycles. The molecule has 56 heavy (non-hydrogen) atoms. The highest BCUT2D eigenvalue weighted by atomic mass is 79.9. The summed E-state index contributed by atoms with van der Waals surface area (Å²) in [5.74, 6) is -1.11. The summed E-state index contributed by atoms with van der Waals surface area (Å²) in [4.78, 5) is 38.4. The number of esters is 2. The van der Waals surface area contributed by atoms with Crippen LogP contribution in [0.1, 0.15) is 61.1 Å². The molecule has 0 aliphatic rings. The molecule has 0 N–H and O–H groups in total. The highest BCUT2D eigenvalue weighted by Gasteiger charge is 2.44. The van der Waals surface area contributed by atoms with E-state index in [1.54, 1.807) is 74.5 Å². The van der Waals surface area contributed by atoms with Gasteiger partial charge in [0.1, 0.15) is 6.61 Å². The van der Waals surface area contributed by atoms with Crippen molar-refractivity contribution >= 4 is 34.0 Å². The van der Waals surface area contributed by atoms with E-state index in [9.17, 15) is 40.7 Å². The van der Waals surface area contributed by atoms with Crippen molar-refractivity contribution in [2.24, 2.45) is 0 Å². The van der Waals surface area contributed by atoms with Gasteiger partial charge in [0, 0.05) is 16.5 Å². The van der Waals surface area contributed by atoms with Gasteiger partial charge in [-0.25, -0.2) is 14.4 Å². The Hall–Kier alpha value is -4.89. The maximum atomic E-state index is 13.9. The van der Waals surface area contributed by atoms with E-state index in [0.29, 0.717) is 40.8 Å². The summed E-state index contributed by atoms with van der Waals surface area (Å²) in [6, 6.07) is 18.4. The Morgan fingerprint density at radius 1 is 0.768 bits per heavy atom. The number of carbonyl (C=O) groups excluding carboxylic acids is 3. The number of nitrogens with zero attached hydrogens (tertiary/aromatic N) is 1. The lowest BCUT2D eigenvalue weighted by molar-refractivity contribution is -0.143. The Labute approximate surface area is 330 Å². The molecule has 0 fully saturated rings. The molecule has 304 valence electrons. The fourth-order valence-corrected chi connectivity index (χ4v) is 5.36. The van der Waals surface area contributed by atoms with Gasteiger partial charge in [-0.05, 0) is 62.1 Å². The Kier molecular flexibility index (Phi) is 18.6. The molecule has 15 heteroatoms. The summed E-state index contributed by atoms with van der Waals surface area (Å²) in [6.07, 6.45) is -10.9. The molecule has 0 aliphatic heterocycles. The zero-order chi connectivity index (χ0) is 42.1. The lowest BCUT2D eigenvalue weighted by Gasteiger charge is -2.44. The lowest BCUT2D eigenvalue weighted by Crippen LogP contribution is -2.53. The molecule has 0 radical (unpaired) electrons. The first-order valence-electron chi connectivity index (χ1n) is 17.2. The minimum Gasteiger partial charge on any atom is -0.463 e. The topological polar surface area (TPSA) is 91.4 Å². The van der Waals surface area contributed by atoms with Crippen LogP contribution in [0.5, 0.6) is 0 Å². The summed E-state index contributed by atoms with van der Waals surface area (Å²) in [5, 5.41) is 0.478. The van der Waals surface area contributed by atoms with E-state index in [-0.39, 0.29) is 42.8 Å². The maximum absolute atomic E-state index is 13.9. The van der Waals surface area contributed by atoms with Gasteiger partial charge in [0.2, 0.25) is 0 Å². The van der Waals surface area contributed by atoms with Crippen LogP contribution in [0.25, 0.3) is 0 Å². The normalized spacial score (nSPS) is 12.8. The molecule has 0 aromatic heterocycles. The van der Waals surface area contributed by atoms with E-state index in [1.807, 2.05) is 0 Å². The molecule has 0 heterocycles. The highest BCUT2D eigenvalue weighted by Crippen LogP contribution is 2.40. The molecule has 8 nitrogen and oxygen atoms in total. The zero-order valence-electron chi connectivity index (χ0n) is 31.2. The fraction of sp³-hybridized carbons (Fsp3) is 0.341. The van der Waals surface area contributed by atoms with E-state index in [4.69, 9.17) is 14.2 Å². The first-order chi connectivity index (χ1) is 26.3. The van der Waals surface area contributed by atoms with Crippen molar-refractivity contribution in [1.29, 1.82) is 0 Å². The Morgan fingerprint density at radius 2 is 1.27 bits per heavy atom. The summed E-state index contributed by atoms with van der Waals surface area (Å²) in [7, 11) is 0. The van der Waals surface area contributed by atoms with Crippen LogP contribution in [0.3, 0.4) is 0 Å². The van der Waals surface area contributed by atoms with Gasteiger partial charge < -0.3 is 18.9 Å². The second kappa shape index (κ2) is 22.0. The third-order valence-electron chi connectivity index (χ3n) is 8.03. The minimum atomic E-state index is -5.06. The maximum Gasteiger partial charge on any atom is 0.416 e. The van der Waals surface area contributed by atoms with Crippen LogP contribution in [0, 0.1) is 0 Å². The molecule has 3 aromatic carbocycles. The standard InChI is InChI=1S/C35H35F6NO5.C6H9BrO2/c1-5-17-33(28-15-11-8-12-16-28,23-47-25(4)27-18-29(34(36,37)38)20-30(19-27)35(39,40)41)42(21-24(3)31(43)45-6-2)32(44)46-22-26-13-9-7-10-14-26;1-3-9-6(8)5(2)4-7/h5,7-16,18-20,25H,1,3,6,17,21-23H2,2,4H3;2-4H2,1H3/t25-,33-;/m1./s1. The molecular formula is C41H44BrF6NO7. The highest BCUT2D eigenvalue weighted by molar-refractivity contribution is 9.09. The lowest BCUT2D eigenvalue weighted by atomic mass is 9.85. The molecule has 3 aromatic rings. The molecule has 0 unspecified atom stereocenters. The fourth-order valence-electron chi connectivity index (χ4n) is 5.13. The van der Waals surface area contributed by atoms with Crippen LogP contribution in [-0.4, -0.2) is 54.6 Å². The average Bonchev–Trinajstić information content (AvgIpc) is 3.17. The van der Waals surface area contributed by atoms with Crippen molar-refractivity contribution in [3.8, 4) is 0 Å². The second-order valence-electron chi connectivity index (χ2n) is 12.1. The number of alkyl halides is 7. The number of carbonyl (C=O) groups is 3. The number of benzene rings is 3. The van der Waals surface area contributed by atoms with Gasteiger partial charge in [-0.1, -0.05) is 95.8 Å². The second-order valence-corrected chi connectivity index (χ2v) is 12.7. The third-order valence-corrected chi connectivity index (χ3v) is 8.70. The minimum absolute atomic E-state index is 0.0311. The van der Waals surface area contributed by atoms with E-state index >= 15 is 0 Å². The van der Waals surface area contributed by atoms with Gasteiger partial charge in [0.15, 0.2) is 0 Å². The number of hydrogen-bond donors (Lipinski definition) is 0. The van der Waals surface area contributed by atoms with Crippen molar-refractivity contribution in [1.82, 2.24) is 4.90 Å². The number of ether oxygens (including phenoxy) is 4. The average molecular weight is 857 g/mol. The predicted octanol–water partition coefficient (Wildman–Crippen LogP) is 10.5. The number of halogens is 7. The van der Waals surface area contributed by atoms with Gasteiger partial charge >= 0.3 is 30.4 Å². The van der Waals surface area contributed by atoms with Crippen molar-refractivity contribution in [2.45, 2.75) is 57.8 Å². The van der Waals surface area contributed by atoms with Gasteiger partial charge in [-0.3, -0.25) is 4.90 Å². The SMILES string of the molecule is C=C(CBr)C(=O)OCC.C=CC[C@@](CO[C@H](C)c1cc(C(F)(F)F)cc(C(F)(F)F)c1)(c1ccccc1)N(CC(=C)C(=O)OCC)C(=O)OCc1ccccc1. The van der Waals surface area contributed by atoms with Gasteiger partial charge in [-0.2, -0.15) is 26.3 Å². The summed E-state index contributed by atoms with van der Waals surface area (Å²) >= 11 is 3.08. The third kappa shape index (κ3) is 14.0. The van der Waals surface area contributed by atoms with E-state index in [1.165, 1.54) is 17.9 Å². The Bertz CT molecular complexity index is 1750. The first kappa shape index (κ1) is 47.3. The van der Waals surface area contributed by atoms with Gasteiger partial charge in [0.05, 0.1) is 49.1 Å². The van der Waals surface area contributed by atoms with Gasteiger partial charge in [0.25, 0.3) is 0 Å². The van der Waals surface area contributed by atoms with Crippen LogP contribution in [0.2, 0.25) is 0 Å². The molecule has 0 spiro atoms. The molecule has 0 saturated heterocycles. The monoisotopic (exact) mass is 855 g/mol. The summed E-state index contributed by atoms with van der Waals surface area (Å²) in [6.45, 7) is 15.1. The quantitative estimate of drug-likeness (QED) is 0.0333. The van der Waals surface area contributed by atoms with Crippen molar-refractivity contribution in [3.05, 3.63) is 144 Å². The summed E-state index contributed by atoms with van der Waals surface area (Å²) < 4.78 is 103. The number of hydrogen-bond acceptors (Lipinski definition) is 7. The zero-order valence-corrected chi connectivity index (χ0v) is 32.8. The Balaban J connectivity index is 0.00000107. The van der Waals surface area contributed by atoms with Gasteiger partial charge in [-0.15, -0.1) is 6.58 Å². The van der Waals surface area contributed by atoms with Crippen LogP contribution >= 0.6 is 15.9 Å². The smallest absolute Gasteiger partial charge is 0.416 e. The Morgan fingerprint density at radius 3 is 1.73 bits per heavy atom. The largest absolute Gasteiger partial charge is 0.463 e. The van der Waals surface area contributed by atoms with Crippen molar-refractivity contribution < 1.29 is 59.7 Å². The van der Waals surface area contributed by atoms with Crippen LogP contribution in [-0.2, 0) is 53.0 Å². The number of rotatable bonds is 17. The molecule has 0 bridgehead atoms.